The first kappa shape index (κ1) is 22.7. The topological polar surface area (TPSA) is 75.6 Å². The Bertz CT molecular complexity index is 744. The molecule has 0 amide bonds. The highest BCUT2D eigenvalue weighted by Crippen LogP contribution is 2.21. The number of benzene rings is 2. The van der Waals surface area contributed by atoms with Crippen molar-refractivity contribution in [2.45, 2.75) is 26.8 Å². The average molecular weight is 392 g/mol. The van der Waals surface area contributed by atoms with Crippen molar-refractivity contribution >= 4 is 23.9 Å². The molecule has 0 aliphatic heterocycles. The number of rotatable bonds is 7. The Morgan fingerprint density at radius 2 is 1.81 bits per heavy atom. The minimum atomic E-state index is -0.885. The molecule has 27 heavy (non-hydrogen) atoms. The number of nitrogens with one attached hydrogen (secondary N) is 1. The SMILES string of the molecule is CC(C)COc1ccc(Cl)cc1C=O.CNC(C)c1ccc(C(=O)O)cc1. The van der Waals surface area contributed by atoms with Crippen molar-refractivity contribution in [3.63, 3.8) is 0 Å². The van der Waals surface area contributed by atoms with Crippen molar-refractivity contribution in [1.29, 1.82) is 0 Å². The number of carbonyl (C=O) groups is 2. The molecule has 2 aromatic carbocycles. The van der Waals surface area contributed by atoms with Crippen LogP contribution in [0.4, 0.5) is 0 Å². The van der Waals surface area contributed by atoms with Crippen LogP contribution in [0.3, 0.4) is 0 Å². The molecule has 0 saturated carbocycles. The molecule has 6 heteroatoms. The fourth-order valence-corrected chi connectivity index (χ4v) is 2.26. The molecule has 0 radical (unpaired) electrons. The van der Waals surface area contributed by atoms with Crippen LogP contribution in [0.2, 0.25) is 5.02 Å². The molecule has 0 fully saturated rings. The molecule has 2 aromatic rings. The number of aromatic carboxylic acids is 1. The van der Waals surface area contributed by atoms with Crippen LogP contribution in [0.15, 0.2) is 42.5 Å². The quantitative estimate of drug-likeness (QED) is 0.659. The van der Waals surface area contributed by atoms with Gasteiger partial charge in [-0.25, -0.2) is 4.79 Å². The van der Waals surface area contributed by atoms with Crippen LogP contribution in [0, 0.1) is 5.92 Å². The fraction of sp³-hybridized carbons (Fsp3) is 0.333. The van der Waals surface area contributed by atoms with Gasteiger partial charge in [-0.1, -0.05) is 37.6 Å². The van der Waals surface area contributed by atoms with Crippen LogP contribution in [-0.2, 0) is 0 Å². The number of carboxylic acids is 1. The molecule has 0 heterocycles. The van der Waals surface area contributed by atoms with Crippen LogP contribution >= 0.6 is 11.6 Å². The maximum atomic E-state index is 10.7. The molecule has 0 aromatic heterocycles. The lowest BCUT2D eigenvalue weighted by atomic mass is 10.1. The van der Waals surface area contributed by atoms with Gasteiger partial charge >= 0.3 is 5.97 Å². The van der Waals surface area contributed by atoms with E-state index in [1.54, 1.807) is 30.3 Å². The van der Waals surface area contributed by atoms with E-state index in [9.17, 15) is 9.59 Å². The Hall–Kier alpha value is -2.37. The van der Waals surface area contributed by atoms with E-state index in [0.717, 1.165) is 11.8 Å². The van der Waals surface area contributed by atoms with Gasteiger partial charge < -0.3 is 15.2 Å². The van der Waals surface area contributed by atoms with Crippen LogP contribution in [0.5, 0.6) is 5.75 Å². The van der Waals surface area contributed by atoms with Crippen LogP contribution in [0.25, 0.3) is 0 Å². The number of carboxylic acid groups (broad SMARTS) is 1. The Kier molecular flexibility index (Phi) is 9.54. The number of ether oxygens (including phenoxy) is 1. The molecule has 0 saturated heterocycles. The molecule has 0 aliphatic rings. The van der Waals surface area contributed by atoms with Gasteiger partial charge in [0, 0.05) is 11.1 Å². The van der Waals surface area contributed by atoms with E-state index in [1.807, 2.05) is 26.1 Å². The number of hydrogen-bond donors (Lipinski definition) is 2. The highest BCUT2D eigenvalue weighted by atomic mass is 35.5. The second-order valence-corrected chi connectivity index (χ2v) is 6.88. The first-order valence-corrected chi connectivity index (χ1v) is 9.04. The minimum absolute atomic E-state index is 0.253. The van der Waals surface area contributed by atoms with Crippen LogP contribution < -0.4 is 10.1 Å². The maximum absolute atomic E-state index is 10.7. The second-order valence-electron chi connectivity index (χ2n) is 6.44. The van der Waals surface area contributed by atoms with E-state index >= 15 is 0 Å². The third-order valence-corrected chi connectivity index (χ3v) is 4.00. The van der Waals surface area contributed by atoms with Gasteiger partial charge in [0.25, 0.3) is 0 Å². The summed E-state index contributed by atoms with van der Waals surface area (Å²) < 4.78 is 5.45. The van der Waals surface area contributed by atoms with E-state index < -0.39 is 5.97 Å². The predicted molar refractivity (Wildman–Crippen MR) is 108 cm³/mol. The van der Waals surface area contributed by atoms with Crippen molar-refractivity contribution in [2.75, 3.05) is 13.7 Å². The fourth-order valence-electron chi connectivity index (χ4n) is 2.08. The Balaban J connectivity index is 0.000000271. The van der Waals surface area contributed by atoms with Crippen molar-refractivity contribution < 1.29 is 19.4 Å². The van der Waals surface area contributed by atoms with E-state index in [4.69, 9.17) is 21.4 Å². The molecule has 0 spiro atoms. The van der Waals surface area contributed by atoms with Gasteiger partial charge in [0.1, 0.15) is 5.75 Å². The van der Waals surface area contributed by atoms with Gasteiger partial charge in [-0.2, -0.15) is 0 Å². The average Bonchev–Trinajstić information content (AvgIpc) is 2.66. The summed E-state index contributed by atoms with van der Waals surface area (Å²) in [7, 11) is 1.87. The van der Waals surface area contributed by atoms with E-state index in [2.05, 4.69) is 19.2 Å². The molecule has 146 valence electrons. The first-order valence-electron chi connectivity index (χ1n) is 8.66. The molecule has 0 aliphatic carbocycles. The second kappa shape index (κ2) is 11.4. The van der Waals surface area contributed by atoms with Gasteiger partial charge in [-0.05, 0) is 55.8 Å². The van der Waals surface area contributed by atoms with E-state index in [-0.39, 0.29) is 6.04 Å². The number of hydrogen-bond acceptors (Lipinski definition) is 4. The molecule has 2 rings (SSSR count). The lowest BCUT2D eigenvalue weighted by Crippen LogP contribution is -2.12. The zero-order valence-corrected chi connectivity index (χ0v) is 16.8. The molecule has 2 N–H and O–H groups in total. The minimum Gasteiger partial charge on any atom is -0.493 e. The molecular weight excluding hydrogens is 366 g/mol. The Labute approximate surface area is 165 Å². The summed E-state index contributed by atoms with van der Waals surface area (Å²) >= 11 is 5.74. The van der Waals surface area contributed by atoms with Gasteiger partial charge in [0.05, 0.1) is 17.7 Å². The molecule has 0 bridgehead atoms. The van der Waals surface area contributed by atoms with Gasteiger partial charge in [-0.15, -0.1) is 0 Å². The molecule has 1 atom stereocenters. The third kappa shape index (κ3) is 7.81. The van der Waals surface area contributed by atoms with Crippen molar-refractivity contribution in [3.8, 4) is 5.75 Å². The Morgan fingerprint density at radius 1 is 1.19 bits per heavy atom. The standard InChI is InChI=1S/C11H13ClO2.C10H13NO2/c1-8(2)7-14-11-4-3-10(12)5-9(11)6-13;1-7(11-2)8-3-5-9(6-4-8)10(12)13/h3-6,8H,7H2,1-2H3;3-7,11H,1-2H3,(H,12,13). The van der Waals surface area contributed by atoms with E-state index in [0.29, 0.717) is 34.4 Å². The van der Waals surface area contributed by atoms with Crippen LogP contribution in [0.1, 0.15) is 53.1 Å². The van der Waals surface area contributed by atoms with E-state index in [1.165, 1.54) is 0 Å². The lowest BCUT2D eigenvalue weighted by Gasteiger charge is -2.10. The predicted octanol–water partition coefficient (Wildman–Crippen LogP) is 4.85. The summed E-state index contributed by atoms with van der Waals surface area (Å²) in [6.45, 7) is 6.73. The lowest BCUT2D eigenvalue weighted by molar-refractivity contribution is 0.0696. The number of carbonyl (C=O) groups excluding carboxylic acids is 1. The van der Waals surface area contributed by atoms with Gasteiger partial charge in [-0.3, -0.25) is 4.79 Å². The maximum Gasteiger partial charge on any atom is 0.335 e. The largest absolute Gasteiger partial charge is 0.493 e. The summed E-state index contributed by atoms with van der Waals surface area (Å²) in [4.78, 5) is 21.2. The van der Waals surface area contributed by atoms with Gasteiger partial charge in [0.2, 0.25) is 0 Å². The normalized spacial score (nSPS) is 11.3. The van der Waals surface area contributed by atoms with Crippen molar-refractivity contribution in [1.82, 2.24) is 5.32 Å². The molecule has 1 unspecified atom stereocenters. The summed E-state index contributed by atoms with van der Waals surface area (Å²) in [5.74, 6) is 0.145. The zero-order valence-electron chi connectivity index (χ0n) is 16.0. The highest BCUT2D eigenvalue weighted by Gasteiger charge is 2.05. The Morgan fingerprint density at radius 3 is 2.30 bits per heavy atom. The molecule has 5 nitrogen and oxygen atoms in total. The first-order chi connectivity index (χ1) is 12.8. The van der Waals surface area contributed by atoms with Crippen LogP contribution in [-0.4, -0.2) is 31.0 Å². The number of aldehydes is 1. The monoisotopic (exact) mass is 391 g/mol. The van der Waals surface area contributed by atoms with Crippen molar-refractivity contribution in [3.05, 3.63) is 64.2 Å². The van der Waals surface area contributed by atoms with Crippen molar-refractivity contribution in [2.24, 2.45) is 5.92 Å². The molecular formula is C21H26ClNO4. The highest BCUT2D eigenvalue weighted by molar-refractivity contribution is 6.30. The number of halogens is 1. The smallest absolute Gasteiger partial charge is 0.335 e. The summed E-state index contributed by atoms with van der Waals surface area (Å²) in [5.41, 5.74) is 1.91. The summed E-state index contributed by atoms with van der Waals surface area (Å²) in [6.07, 6.45) is 0.752. The van der Waals surface area contributed by atoms with Gasteiger partial charge in [0.15, 0.2) is 6.29 Å². The summed E-state index contributed by atoms with van der Waals surface area (Å²) in [5, 5.41) is 12.3. The third-order valence-electron chi connectivity index (χ3n) is 3.76. The summed E-state index contributed by atoms with van der Waals surface area (Å²) in [6, 6.07) is 12.2. The zero-order chi connectivity index (χ0) is 20.4.